The predicted octanol–water partition coefficient (Wildman–Crippen LogP) is 2.32. The number of imidazole rings is 1. The molecule has 3 aromatic heterocycles. The second-order valence-electron chi connectivity index (χ2n) is 6.06. The maximum atomic E-state index is 4.66. The standard InChI is InChI=1S/C17H19N7/c1-12-8-16(22-11-21-12)24-6-3-4-15(24)13-9-20-14(10-19-13)17-18-5-7-23(17)2/h5,7-11,15H,3-4,6H2,1-2H3/t15-/m0/s1. The maximum Gasteiger partial charge on any atom is 0.159 e. The molecule has 1 aliphatic rings. The van der Waals surface area contributed by atoms with E-state index in [1.807, 2.05) is 37.0 Å². The molecule has 0 spiro atoms. The fourth-order valence-electron chi connectivity index (χ4n) is 3.18. The Morgan fingerprint density at radius 1 is 1.08 bits per heavy atom. The van der Waals surface area contributed by atoms with E-state index >= 15 is 0 Å². The van der Waals surface area contributed by atoms with Crippen molar-refractivity contribution in [1.29, 1.82) is 0 Å². The van der Waals surface area contributed by atoms with Gasteiger partial charge >= 0.3 is 0 Å². The van der Waals surface area contributed by atoms with Gasteiger partial charge in [0.2, 0.25) is 0 Å². The zero-order chi connectivity index (χ0) is 16.5. The van der Waals surface area contributed by atoms with Crippen LogP contribution in [0.5, 0.6) is 0 Å². The summed E-state index contributed by atoms with van der Waals surface area (Å²) in [6.07, 6.45) is 11.1. The fourth-order valence-corrected chi connectivity index (χ4v) is 3.18. The molecule has 3 aromatic rings. The topological polar surface area (TPSA) is 72.6 Å². The molecule has 0 bridgehead atoms. The van der Waals surface area contributed by atoms with Crippen molar-refractivity contribution in [2.75, 3.05) is 11.4 Å². The third-order valence-corrected chi connectivity index (χ3v) is 4.40. The van der Waals surface area contributed by atoms with Crippen molar-refractivity contribution >= 4 is 5.82 Å². The van der Waals surface area contributed by atoms with Crippen LogP contribution >= 0.6 is 0 Å². The van der Waals surface area contributed by atoms with Crippen molar-refractivity contribution in [1.82, 2.24) is 29.5 Å². The van der Waals surface area contributed by atoms with Gasteiger partial charge in [-0.25, -0.2) is 19.9 Å². The summed E-state index contributed by atoms with van der Waals surface area (Å²) in [5.41, 5.74) is 2.73. The van der Waals surface area contributed by atoms with E-state index in [1.165, 1.54) is 0 Å². The number of rotatable bonds is 3. The molecule has 0 aromatic carbocycles. The molecule has 1 fully saturated rings. The van der Waals surface area contributed by atoms with Gasteiger partial charge in [-0.15, -0.1) is 0 Å². The van der Waals surface area contributed by atoms with Gasteiger partial charge in [0.25, 0.3) is 0 Å². The van der Waals surface area contributed by atoms with Gasteiger partial charge in [-0.2, -0.15) is 0 Å². The molecule has 24 heavy (non-hydrogen) atoms. The molecule has 4 heterocycles. The Hall–Kier alpha value is -2.83. The first kappa shape index (κ1) is 14.7. The molecule has 7 heteroatoms. The Morgan fingerprint density at radius 2 is 2.00 bits per heavy atom. The molecule has 0 unspecified atom stereocenters. The molecule has 0 N–H and O–H groups in total. The molecule has 0 radical (unpaired) electrons. The van der Waals surface area contributed by atoms with E-state index in [2.05, 4.69) is 29.8 Å². The van der Waals surface area contributed by atoms with Gasteiger partial charge in [-0.3, -0.25) is 4.98 Å². The molecular formula is C17H19N7. The van der Waals surface area contributed by atoms with Crippen LogP contribution in [0.2, 0.25) is 0 Å². The molecule has 0 saturated carbocycles. The van der Waals surface area contributed by atoms with Gasteiger partial charge in [-0.05, 0) is 19.8 Å². The minimum atomic E-state index is 0.210. The van der Waals surface area contributed by atoms with Gasteiger partial charge < -0.3 is 9.47 Å². The lowest BCUT2D eigenvalue weighted by atomic mass is 10.1. The second-order valence-corrected chi connectivity index (χ2v) is 6.06. The van der Waals surface area contributed by atoms with E-state index in [0.29, 0.717) is 0 Å². The van der Waals surface area contributed by atoms with Crippen molar-refractivity contribution in [3.05, 3.63) is 48.6 Å². The van der Waals surface area contributed by atoms with Crippen LogP contribution in [0.1, 0.15) is 30.3 Å². The van der Waals surface area contributed by atoms with Crippen LogP contribution in [-0.4, -0.2) is 36.0 Å². The Labute approximate surface area is 140 Å². The lowest BCUT2D eigenvalue weighted by molar-refractivity contribution is 0.681. The zero-order valence-electron chi connectivity index (χ0n) is 13.8. The third-order valence-electron chi connectivity index (χ3n) is 4.40. The molecule has 1 saturated heterocycles. The van der Waals surface area contributed by atoms with Crippen molar-refractivity contribution in [3.8, 4) is 11.5 Å². The van der Waals surface area contributed by atoms with Crippen LogP contribution < -0.4 is 4.90 Å². The van der Waals surface area contributed by atoms with Crippen molar-refractivity contribution in [2.24, 2.45) is 7.05 Å². The third kappa shape index (κ3) is 2.62. The summed E-state index contributed by atoms with van der Waals surface area (Å²) in [4.78, 5) is 24.4. The second kappa shape index (κ2) is 5.99. The Balaban J connectivity index is 1.62. The van der Waals surface area contributed by atoms with Crippen LogP contribution in [0.15, 0.2) is 37.2 Å². The summed E-state index contributed by atoms with van der Waals surface area (Å²) in [6, 6.07) is 2.23. The number of hydrogen-bond donors (Lipinski definition) is 0. The first-order chi connectivity index (χ1) is 11.7. The summed E-state index contributed by atoms with van der Waals surface area (Å²) in [5, 5.41) is 0. The van der Waals surface area contributed by atoms with Gasteiger partial charge in [0.05, 0.1) is 24.1 Å². The van der Waals surface area contributed by atoms with Crippen molar-refractivity contribution in [2.45, 2.75) is 25.8 Å². The first-order valence-corrected chi connectivity index (χ1v) is 8.07. The summed E-state index contributed by atoms with van der Waals surface area (Å²) in [7, 11) is 1.95. The zero-order valence-corrected chi connectivity index (χ0v) is 13.8. The highest BCUT2D eigenvalue weighted by molar-refractivity contribution is 5.48. The number of aryl methyl sites for hydroxylation is 2. The fraction of sp³-hybridized carbons (Fsp3) is 0.353. The minimum absolute atomic E-state index is 0.210. The minimum Gasteiger partial charge on any atom is -0.348 e. The molecular weight excluding hydrogens is 302 g/mol. The van der Waals surface area contributed by atoms with E-state index in [1.54, 1.807) is 18.7 Å². The van der Waals surface area contributed by atoms with Crippen LogP contribution in [0, 0.1) is 6.92 Å². The summed E-state index contributed by atoms with van der Waals surface area (Å²) in [5.74, 6) is 1.78. The van der Waals surface area contributed by atoms with Crippen molar-refractivity contribution < 1.29 is 0 Å². The van der Waals surface area contributed by atoms with Gasteiger partial charge in [0.1, 0.15) is 17.8 Å². The molecule has 1 aliphatic heterocycles. The lowest BCUT2D eigenvalue weighted by Crippen LogP contribution is -2.24. The van der Waals surface area contributed by atoms with E-state index in [4.69, 9.17) is 0 Å². The van der Waals surface area contributed by atoms with E-state index in [-0.39, 0.29) is 6.04 Å². The largest absolute Gasteiger partial charge is 0.348 e. The summed E-state index contributed by atoms with van der Waals surface area (Å²) < 4.78 is 1.94. The molecule has 7 nitrogen and oxygen atoms in total. The molecule has 0 amide bonds. The van der Waals surface area contributed by atoms with Gasteiger partial charge in [0.15, 0.2) is 5.82 Å². The normalized spacial score (nSPS) is 17.4. The number of hydrogen-bond acceptors (Lipinski definition) is 6. The highest BCUT2D eigenvalue weighted by atomic mass is 15.2. The average Bonchev–Trinajstić information content (AvgIpc) is 3.24. The summed E-state index contributed by atoms with van der Waals surface area (Å²) in [6.45, 7) is 2.96. The highest BCUT2D eigenvalue weighted by Gasteiger charge is 2.28. The Bertz CT molecular complexity index is 840. The monoisotopic (exact) mass is 321 g/mol. The smallest absolute Gasteiger partial charge is 0.159 e. The van der Waals surface area contributed by atoms with E-state index < -0.39 is 0 Å². The number of anilines is 1. The van der Waals surface area contributed by atoms with Crippen LogP contribution in [0.25, 0.3) is 11.5 Å². The Morgan fingerprint density at radius 3 is 2.71 bits per heavy atom. The highest BCUT2D eigenvalue weighted by Crippen LogP contribution is 2.34. The summed E-state index contributed by atoms with van der Waals surface area (Å²) >= 11 is 0. The quantitative estimate of drug-likeness (QED) is 0.737. The van der Waals surface area contributed by atoms with E-state index in [0.717, 1.165) is 48.1 Å². The lowest BCUT2D eigenvalue weighted by Gasteiger charge is -2.25. The predicted molar refractivity (Wildman–Crippen MR) is 90.3 cm³/mol. The number of aromatic nitrogens is 6. The van der Waals surface area contributed by atoms with Crippen molar-refractivity contribution in [3.63, 3.8) is 0 Å². The Kier molecular flexibility index (Phi) is 3.68. The van der Waals surface area contributed by atoms with Gasteiger partial charge in [-0.1, -0.05) is 0 Å². The molecule has 0 aliphatic carbocycles. The SMILES string of the molecule is Cc1cc(N2CCC[C@H]2c2cnc(-c3nccn3C)cn2)ncn1. The van der Waals surface area contributed by atoms with Crippen LogP contribution in [0.4, 0.5) is 5.82 Å². The molecule has 4 rings (SSSR count). The average molecular weight is 321 g/mol. The van der Waals surface area contributed by atoms with E-state index in [9.17, 15) is 0 Å². The molecule has 1 atom stereocenters. The first-order valence-electron chi connectivity index (χ1n) is 8.07. The maximum absolute atomic E-state index is 4.66. The molecule has 122 valence electrons. The van der Waals surface area contributed by atoms with Gasteiger partial charge in [0, 0.05) is 37.7 Å². The number of nitrogens with zero attached hydrogens (tertiary/aromatic N) is 7. The van der Waals surface area contributed by atoms with Crippen LogP contribution in [0.3, 0.4) is 0 Å². The van der Waals surface area contributed by atoms with Crippen LogP contribution in [-0.2, 0) is 7.05 Å².